The lowest BCUT2D eigenvalue weighted by Crippen LogP contribution is -2.06. The van der Waals surface area contributed by atoms with E-state index in [4.69, 9.17) is 10.00 Å². The van der Waals surface area contributed by atoms with Gasteiger partial charge in [0.05, 0.1) is 6.07 Å². The van der Waals surface area contributed by atoms with Crippen LogP contribution in [0, 0.1) is 11.3 Å². The summed E-state index contributed by atoms with van der Waals surface area (Å²) < 4.78 is 9.14. The van der Waals surface area contributed by atoms with Crippen LogP contribution in [0.3, 0.4) is 0 Å². The molecule has 0 saturated heterocycles. The van der Waals surface area contributed by atoms with Crippen molar-refractivity contribution in [2.24, 2.45) is 0 Å². The highest BCUT2D eigenvalue weighted by atomic mass is 16.7. The number of carbonyl (C=O) groups excluding carboxylic acids is 1. The van der Waals surface area contributed by atoms with Gasteiger partial charge in [-0.25, -0.2) is 0 Å². The molecule has 0 aliphatic rings. The summed E-state index contributed by atoms with van der Waals surface area (Å²) in [4.78, 5) is 10.4. The average molecular weight is 143 g/mol. The highest BCUT2D eigenvalue weighted by molar-refractivity contribution is 5.71. The van der Waals surface area contributed by atoms with Crippen LogP contribution in [0.15, 0.2) is 0 Å². The molecule has 0 atom stereocenters. The highest BCUT2D eigenvalue weighted by Gasteiger charge is 1.98. The number of ether oxygens (including phenoxy) is 2. The predicted octanol–water partition coefficient (Wildman–Crippen LogP) is 0.437. The van der Waals surface area contributed by atoms with Crippen molar-refractivity contribution in [2.45, 2.75) is 13.3 Å². The molecule has 0 N–H and O–H groups in total. The van der Waals surface area contributed by atoms with Gasteiger partial charge in [-0.2, -0.15) is 5.26 Å². The van der Waals surface area contributed by atoms with Crippen LogP contribution in [0.1, 0.15) is 13.3 Å². The van der Waals surface area contributed by atoms with Crippen LogP contribution in [0.5, 0.6) is 0 Å². The molecule has 0 aliphatic carbocycles. The lowest BCUT2D eigenvalue weighted by atomic mass is 10.5. The van der Waals surface area contributed by atoms with Gasteiger partial charge in [0.15, 0.2) is 6.79 Å². The SMILES string of the molecule is CCOCOC(=O)CC#N. The molecular weight excluding hydrogens is 134 g/mol. The molecular formula is C6H9NO3. The van der Waals surface area contributed by atoms with E-state index in [0.29, 0.717) is 6.61 Å². The highest BCUT2D eigenvalue weighted by Crippen LogP contribution is 1.84. The Hall–Kier alpha value is -1.08. The average Bonchev–Trinajstić information content (AvgIpc) is 1.89. The zero-order chi connectivity index (χ0) is 7.82. The van der Waals surface area contributed by atoms with Gasteiger partial charge in [0.1, 0.15) is 6.42 Å². The Kier molecular flexibility index (Phi) is 5.39. The second-order valence-corrected chi connectivity index (χ2v) is 1.46. The Morgan fingerprint density at radius 2 is 2.40 bits per heavy atom. The third-order valence-corrected chi connectivity index (χ3v) is 0.731. The third-order valence-electron chi connectivity index (χ3n) is 0.731. The lowest BCUT2D eigenvalue weighted by molar-refractivity contribution is -0.154. The van der Waals surface area contributed by atoms with Gasteiger partial charge in [0.2, 0.25) is 0 Å². The smallest absolute Gasteiger partial charge is 0.322 e. The number of hydrogen-bond donors (Lipinski definition) is 0. The molecule has 0 aromatic carbocycles. The minimum atomic E-state index is -0.545. The number of nitriles is 1. The molecule has 56 valence electrons. The summed E-state index contributed by atoms with van der Waals surface area (Å²) in [5, 5.41) is 8.00. The van der Waals surface area contributed by atoms with Gasteiger partial charge < -0.3 is 9.47 Å². The zero-order valence-electron chi connectivity index (χ0n) is 5.79. The fourth-order valence-corrected chi connectivity index (χ4v) is 0.306. The van der Waals surface area contributed by atoms with Crippen molar-refractivity contribution < 1.29 is 14.3 Å². The van der Waals surface area contributed by atoms with Gasteiger partial charge >= 0.3 is 5.97 Å². The van der Waals surface area contributed by atoms with Gasteiger partial charge in [0, 0.05) is 6.61 Å². The maximum atomic E-state index is 10.4. The number of carbonyl (C=O) groups is 1. The molecule has 0 aliphatic heterocycles. The van der Waals surface area contributed by atoms with Crippen LogP contribution in [0.25, 0.3) is 0 Å². The van der Waals surface area contributed by atoms with E-state index in [1.165, 1.54) is 0 Å². The molecule has 0 spiro atoms. The summed E-state index contributed by atoms with van der Waals surface area (Å²) in [6.45, 7) is 2.23. The first kappa shape index (κ1) is 8.92. The van der Waals surface area contributed by atoms with Crippen LogP contribution < -0.4 is 0 Å². The second kappa shape index (κ2) is 6.05. The van der Waals surface area contributed by atoms with Crippen LogP contribution in [0.2, 0.25) is 0 Å². The topological polar surface area (TPSA) is 59.3 Å². The molecule has 0 aromatic rings. The Balaban J connectivity index is 3.15. The Bertz CT molecular complexity index is 138. The largest absolute Gasteiger partial charge is 0.438 e. The van der Waals surface area contributed by atoms with Gasteiger partial charge in [-0.15, -0.1) is 0 Å². The molecule has 4 nitrogen and oxygen atoms in total. The first-order chi connectivity index (χ1) is 4.81. The van der Waals surface area contributed by atoms with Crippen molar-refractivity contribution in [3.05, 3.63) is 0 Å². The standard InChI is InChI=1S/C6H9NO3/c1-2-9-5-10-6(8)3-4-7/h2-3,5H2,1H3. The summed E-state index contributed by atoms with van der Waals surface area (Å²) in [6.07, 6.45) is -0.215. The van der Waals surface area contributed by atoms with E-state index < -0.39 is 5.97 Å². The number of esters is 1. The summed E-state index contributed by atoms with van der Waals surface area (Å²) >= 11 is 0. The monoisotopic (exact) mass is 143 g/mol. The Morgan fingerprint density at radius 3 is 2.90 bits per heavy atom. The van der Waals surface area contributed by atoms with Crippen LogP contribution >= 0.6 is 0 Å². The fourth-order valence-electron chi connectivity index (χ4n) is 0.306. The van der Waals surface area contributed by atoms with Crippen molar-refractivity contribution in [3.63, 3.8) is 0 Å². The summed E-state index contributed by atoms with van der Waals surface area (Å²) in [6, 6.07) is 1.66. The van der Waals surface area contributed by atoms with Crippen molar-refractivity contribution in [1.82, 2.24) is 0 Å². The molecule has 0 heterocycles. The molecule has 0 rings (SSSR count). The van der Waals surface area contributed by atoms with E-state index in [2.05, 4.69) is 4.74 Å². The molecule has 0 unspecified atom stereocenters. The van der Waals surface area contributed by atoms with Crippen LogP contribution in [0.4, 0.5) is 0 Å². The first-order valence-electron chi connectivity index (χ1n) is 2.91. The van der Waals surface area contributed by atoms with Crippen LogP contribution in [-0.2, 0) is 14.3 Å². The van der Waals surface area contributed by atoms with Crippen LogP contribution in [-0.4, -0.2) is 19.4 Å². The fraction of sp³-hybridized carbons (Fsp3) is 0.667. The number of hydrogen-bond acceptors (Lipinski definition) is 4. The first-order valence-corrected chi connectivity index (χ1v) is 2.91. The molecule has 0 bridgehead atoms. The zero-order valence-corrected chi connectivity index (χ0v) is 5.79. The summed E-state index contributed by atoms with van der Waals surface area (Å²) in [5.74, 6) is -0.545. The molecule has 0 radical (unpaired) electrons. The maximum absolute atomic E-state index is 10.4. The van der Waals surface area contributed by atoms with Gasteiger partial charge in [-0.3, -0.25) is 4.79 Å². The molecule has 0 saturated carbocycles. The van der Waals surface area contributed by atoms with E-state index in [0.717, 1.165) is 0 Å². The van der Waals surface area contributed by atoms with E-state index in [-0.39, 0.29) is 13.2 Å². The maximum Gasteiger partial charge on any atom is 0.322 e. The minimum Gasteiger partial charge on any atom is -0.438 e. The molecule has 0 aromatic heterocycles. The van der Waals surface area contributed by atoms with Gasteiger partial charge in [0.25, 0.3) is 0 Å². The quantitative estimate of drug-likeness (QED) is 0.325. The van der Waals surface area contributed by atoms with Gasteiger partial charge in [-0.1, -0.05) is 0 Å². The predicted molar refractivity (Wildman–Crippen MR) is 32.8 cm³/mol. The van der Waals surface area contributed by atoms with Gasteiger partial charge in [-0.05, 0) is 6.92 Å². The summed E-state index contributed by atoms with van der Waals surface area (Å²) in [5.41, 5.74) is 0. The van der Waals surface area contributed by atoms with E-state index in [1.807, 2.05) is 0 Å². The van der Waals surface area contributed by atoms with E-state index >= 15 is 0 Å². The van der Waals surface area contributed by atoms with Crippen molar-refractivity contribution >= 4 is 5.97 Å². The lowest BCUT2D eigenvalue weighted by Gasteiger charge is -1.99. The van der Waals surface area contributed by atoms with Crippen molar-refractivity contribution in [1.29, 1.82) is 5.26 Å². The Morgan fingerprint density at radius 1 is 1.70 bits per heavy atom. The molecule has 4 heteroatoms. The molecule has 10 heavy (non-hydrogen) atoms. The van der Waals surface area contributed by atoms with E-state index in [1.54, 1.807) is 13.0 Å². The van der Waals surface area contributed by atoms with Crippen molar-refractivity contribution in [3.8, 4) is 6.07 Å². The van der Waals surface area contributed by atoms with E-state index in [9.17, 15) is 4.79 Å². The minimum absolute atomic E-state index is 0.0585. The third kappa shape index (κ3) is 5.06. The second-order valence-electron chi connectivity index (χ2n) is 1.46. The summed E-state index contributed by atoms with van der Waals surface area (Å²) in [7, 11) is 0. The number of nitrogens with zero attached hydrogens (tertiary/aromatic N) is 1. The normalized spacial score (nSPS) is 8.40. The number of rotatable bonds is 4. The Labute approximate surface area is 59.3 Å². The van der Waals surface area contributed by atoms with Crippen molar-refractivity contribution in [2.75, 3.05) is 13.4 Å². The molecule has 0 amide bonds. The molecule has 0 fully saturated rings.